The summed E-state index contributed by atoms with van der Waals surface area (Å²) in [4.78, 5) is 10.8. The van der Waals surface area contributed by atoms with Crippen molar-refractivity contribution in [2.45, 2.75) is 18.5 Å². The molecule has 0 aliphatic carbocycles. The smallest absolute Gasteiger partial charge is 0.335 e. The molecule has 0 radical (unpaired) electrons. The van der Waals surface area contributed by atoms with Crippen LogP contribution < -0.4 is 0 Å². The molecule has 1 aromatic rings. The predicted molar refractivity (Wildman–Crippen MR) is 66.1 cm³/mol. The summed E-state index contributed by atoms with van der Waals surface area (Å²) >= 11 is 0. The van der Waals surface area contributed by atoms with E-state index >= 15 is 0 Å². The average Bonchev–Trinajstić information content (AvgIpc) is 2.85. The minimum atomic E-state index is -1.40. The maximum Gasteiger partial charge on any atom is 0.335 e. The molecule has 5 heteroatoms. The lowest BCUT2D eigenvalue weighted by atomic mass is 10.2. The fourth-order valence-electron chi connectivity index (χ4n) is 1.70. The summed E-state index contributed by atoms with van der Waals surface area (Å²) in [6, 6.07) is 9.54. The monoisotopic (exact) mass is 262 g/mol. The highest BCUT2D eigenvalue weighted by Crippen LogP contribution is 2.24. The molecule has 19 heavy (non-hydrogen) atoms. The number of hydrogen-bond donors (Lipinski definition) is 1. The number of rotatable bonds is 5. The Bertz CT molecular complexity index is 478. The van der Waals surface area contributed by atoms with Gasteiger partial charge in [0.15, 0.2) is 6.10 Å². The van der Waals surface area contributed by atoms with Gasteiger partial charge in [0.1, 0.15) is 6.61 Å². The van der Waals surface area contributed by atoms with Crippen molar-refractivity contribution in [2.24, 2.45) is 0 Å². The third-order valence-corrected chi connectivity index (χ3v) is 2.70. The second-order valence-corrected chi connectivity index (χ2v) is 4.13. The van der Waals surface area contributed by atoms with Crippen LogP contribution in [-0.4, -0.2) is 36.2 Å². The van der Waals surface area contributed by atoms with Gasteiger partial charge in [0.2, 0.25) is 0 Å². The number of carboxylic acid groups (broad SMARTS) is 1. The normalized spacial score (nSPS) is 25.9. The summed E-state index contributed by atoms with van der Waals surface area (Å²) in [6.45, 7) is 0.269. The Morgan fingerprint density at radius 1 is 1.53 bits per heavy atom. The molecular formula is C14H14O5. The van der Waals surface area contributed by atoms with Crippen molar-refractivity contribution in [2.75, 3.05) is 13.2 Å². The van der Waals surface area contributed by atoms with Crippen molar-refractivity contribution in [3.05, 3.63) is 35.9 Å². The first kappa shape index (κ1) is 13.6. The quantitative estimate of drug-likeness (QED) is 0.803. The van der Waals surface area contributed by atoms with Crippen molar-refractivity contribution in [3.8, 4) is 12.3 Å². The molecule has 1 saturated heterocycles. The lowest BCUT2D eigenvalue weighted by Gasteiger charge is -2.21. The summed E-state index contributed by atoms with van der Waals surface area (Å²) in [6.07, 6.45) is 4.29. The molecule has 0 amide bonds. The molecule has 1 heterocycles. The Kier molecular flexibility index (Phi) is 4.17. The van der Waals surface area contributed by atoms with Gasteiger partial charge in [-0.25, -0.2) is 4.79 Å². The standard InChI is InChI=1S/C14H14O5/c1-2-14(18-9-12(19-14)13(15)16)10-17-8-11-6-4-3-5-7-11/h1,3-7,12H,8-10H2,(H,15,16)/t12-,14+/m1/s1. The van der Waals surface area contributed by atoms with E-state index in [-0.39, 0.29) is 13.2 Å². The number of ether oxygens (including phenoxy) is 3. The minimum absolute atomic E-state index is 0.0117. The first-order valence-electron chi connectivity index (χ1n) is 5.79. The maximum absolute atomic E-state index is 10.8. The molecule has 1 N–H and O–H groups in total. The molecule has 2 atom stereocenters. The fourth-order valence-corrected chi connectivity index (χ4v) is 1.70. The molecule has 0 spiro atoms. The zero-order valence-electron chi connectivity index (χ0n) is 10.2. The van der Waals surface area contributed by atoms with Crippen LogP contribution in [0.1, 0.15) is 5.56 Å². The summed E-state index contributed by atoms with van der Waals surface area (Å²) < 4.78 is 15.9. The zero-order valence-corrected chi connectivity index (χ0v) is 10.2. The Labute approximate surface area is 111 Å². The molecule has 100 valence electrons. The van der Waals surface area contributed by atoms with Gasteiger partial charge in [-0.15, -0.1) is 6.42 Å². The number of carboxylic acids is 1. The van der Waals surface area contributed by atoms with Crippen molar-refractivity contribution in [3.63, 3.8) is 0 Å². The Morgan fingerprint density at radius 3 is 2.84 bits per heavy atom. The van der Waals surface area contributed by atoms with Crippen LogP contribution in [-0.2, 0) is 25.6 Å². The molecule has 0 aromatic heterocycles. The summed E-state index contributed by atoms with van der Waals surface area (Å²) in [5.74, 6) is -0.186. The average molecular weight is 262 g/mol. The predicted octanol–water partition coefficient (Wildman–Crippen LogP) is 1.03. The third-order valence-electron chi connectivity index (χ3n) is 2.70. The minimum Gasteiger partial charge on any atom is -0.479 e. The lowest BCUT2D eigenvalue weighted by molar-refractivity contribution is -0.175. The van der Waals surface area contributed by atoms with E-state index in [4.69, 9.17) is 25.7 Å². The van der Waals surface area contributed by atoms with E-state index in [1.54, 1.807) is 0 Å². The second kappa shape index (κ2) is 5.85. The van der Waals surface area contributed by atoms with E-state index in [0.717, 1.165) is 5.56 Å². The van der Waals surface area contributed by atoms with Gasteiger partial charge >= 0.3 is 5.97 Å². The Balaban J connectivity index is 1.87. The molecule has 1 aliphatic rings. The molecule has 0 bridgehead atoms. The summed E-state index contributed by atoms with van der Waals surface area (Å²) in [7, 11) is 0. The van der Waals surface area contributed by atoms with Gasteiger partial charge in [0, 0.05) is 0 Å². The second-order valence-electron chi connectivity index (χ2n) is 4.13. The fraction of sp³-hybridized carbons (Fsp3) is 0.357. The number of benzene rings is 1. The van der Waals surface area contributed by atoms with Crippen LogP contribution in [0.3, 0.4) is 0 Å². The number of carbonyl (C=O) groups is 1. The van der Waals surface area contributed by atoms with E-state index in [2.05, 4.69) is 5.92 Å². The van der Waals surface area contributed by atoms with Crippen molar-refractivity contribution >= 4 is 5.97 Å². The highest BCUT2D eigenvalue weighted by Gasteiger charge is 2.43. The van der Waals surface area contributed by atoms with E-state index < -0.39 is 17.9 Å². The lowest BCUT2D eigenvalue weighted by Crippen LogP contribution is -2.36. The zero-order chi connectivity index (χ0) is 13.7. The summed E-state index contributed by atoms with van der Waals surface area (Å²) in [5, 5.41) is 8.83. The van der Waals surface area contributed by atoms with Crippen molar-refractivity contribution in [1.82, 2.24) is 0 Å². The highest BCUT2D eigenvalue weighted by molar-refractivity contribution is 5.72. The van der Waals surface area contributed by atoms with Crippen LogP contribution in [0.5, 0.6) is 0 Å². The molecular weight excluding hydrogens is 248 g/mol. The van der Waals surface area contributed by atoms with Gasteiger partial charge < -0.3 is 19.3 Å². The topological polar surface area (TPSA) is 65.0 Å². The van der Waals surface area contributed by atoms with Crippen LogP contribution in [0, 0.1) is 12.3 Å². The van der Waals surface area contributed by atoms with Crippen LogP contribution in [0.4, 0.5) is 0 Å². The van der Waals surface area contributed by atoms with Gasteiger partial charge in [-0.3, -0.25) is 0 Å². The van der Waals surface area contributed by atoms with E-state index in [0.29, 0.717) is 6.61 Å². The van der Waals surface area contributed by atoms with E-state index in [1.807, 2.05) is 30.3 Å². The highest BCUT2D eigenvalue weighted by atomic mass is 16.8. The van der Waals surface area contributed by atoms with Crippen molar-refractivity contribution in [1.29, 1.82) is 0 Å². The van der Waals surface area contributed by atoms with E-state index in [1.165, 1.54) is 0 Å². The largest absolute Gasteiger partial charge is 0.479 e. The van der Waals surface area contributed by atoms with Crippen LogP contribution >= 0.6 is 0 Å². The molecule has 1 aliphatic heterocycles. The Morgan fingerprint density at radius 2 is 2.26 bits per heavy atom. The third kappa shape index (κ3) is 3.32. The van der Waals surface area contributed by atoms with E-state index in [9.17, 15) is 4.79 Å². The van der Waals surface area contributed by atoms with Crippen LogP contribution in [0.25, 0.3) is 0 Å². The molecule has 1 aromatic carbocycles. The van der Waals surface area contributed by atoms with Crippen molar-refractivity contribution < 1.29 is 24.1 Å². The number of aliphatic carboxylic acids is 1. The first-order chi connectivity index (χ1) is 9.15. The van der Waals surface area contributed by atoms with Gasteiger partial charge in [0.05, 0.1) is 13.2 Å². The SMILES string of the molecule is C#C[C@]1(COCc2ccccc2)OC[C@H](C(=O)O)O1. The molecule has 0 saturated carbocycles. The van der Waals surface area contributed by atoms with Gasteiger partial charge in [-0.1, -0.05) is 30.3 Å². The maximum atomic E-state index is 10.8. The number of hydrogen-bond acceptors (Lipinski definition) is 4. The van der Waals surface area contributed by atoms with Gasteiger partial charge in [-0.2, -0.15) is 0 Å². The molecule has 5 nitrogen and oxygen atoms in total. The molecule has 2 rings (SSSR count). The molecule has 1 fully saturated rings. The first-order valence-corrected chi connectivity index (χ1v) is 5.79. The molecule has 0 unspecified atom stereocenters. The van der Waals surface area contributed by atoms with Crippen LogP contribution in [0.2, 0.25) is 0 Å². The van der Waals surface area contributed by atoms with Crippen LogP contribution in [0.15, 0.2) is 30.3 Å². The Hall–Kier alpha value is -1.87. The van der Waals surface area contributed by atoms with Gasteiger partial charge in [-0.05, 0) is 11.5 Å². The summed E-state index contributed by atoms with van der Waals surface area (Å²) in [5.41, 5.74) is 0.988. The number of terminal acetylenes is 1. The van der Waals surface area contributed by atoms with Gasteiger partial charge in [0.25, 0.3) is 5.79 Å².